The first-order valence-corrected chi connectivity index (χ1v) is 7.89. The summed E-state index contributed by atoms with van der Waals surface area (Å²) in [5, 5.41) is 16.3. The Morgan fingerprint density at radius 2 is 1.95 bits per heavy atom. The maximum absolute atomic E-state index is 9.13. The molecule has 0 saturated carbocycles. The van der Waals surface area contributed by atoms with Crippen LogP contribution < -0.4 is 10.6 Å². The van der Waals surface area contributed by atoms with E-state index >= 15 is 0 Å². The van der Waals surface area contributed by atoms with Gasteiger partial charge in [-0.3, -0.25) is 0 Å². The molecule has 2 aromatic rings. The Hall–Kier alpha value is -1.33. The van der Waals surface area contributed by atoms with E-state index in [9.17, 15) is 0 Å². The van der Waals surface area contributed by atoms with Gasteiger partial charge in [-0.2, -0.15) is 0 Å². The minimum atomic E-state index is -0.311. The van der Waals surface area contributed by atoms with Crippen LogP contribution in [-0.2, 0) is 6.54 Å². The van der Waals surface area contributed by atoms with Gasteiger partial charge in [0, 0.05) is 30.2 Å². The number of rotatable bonds is 8. The Morgan fingerprint density at radius 3 is 2.68 bits per heavy atom. The second-order valence-corrected chi connectivity index (χ2v) is 5.87. The lowest BCUT2D eigenvalue weighted by Gasteiger charge is -2.07. The fraction of sp³-hybridized carbons (Fsp3) is 0.412. The fourth-order valence-corrected chi connectivity index (χ4v) is 2.25. The van der Waals surface area contributed by atoms with E-state index in [-0.39, 0.29) is 6.10 Å². The van der Waals surface area contributed by atoms with Crippen molar-refractivity contribution in [2.75, 3.05) is 19.6 Å². The lowest BCUT2D eigenvalue weighted by Crippen LogP contribution is -2.31. The summed E-state index contributed by atoms with van der Waals surface area (Å²) in [5.74, 6) is 1.72. The highest BCUT2D eigenvalue weighted by Gasteiger charge is 2.06. The van der Waals surface area contributed by atoms with Crippen LogP contribution in [0.5, 0.6) is 0 Å². The van der Waals surface area contributed by atoms with E-state index in [0.29, 0.717) is 13.1 Å². The minimum absolute atomic E-state index is 0.311. The van der Waals surface area contributed by atoms with Crippen LogP contribution in [0.4, 0.5) is 0 Å². The van der Waals surface area contributed by atoms with Crippen molar-refractivity contribution < 1.29 is 9.52 Å². The molecule has 2 rings (SSSR count). The van der Waals surface area contributed by atoms with Crippen molar-refractivity contribution in [1.82, 2.24) is 10.6 Å². The summed E-state index contributed by atoms with van der Waals surface area (Å²) < 4.78 is 5.83. The average Bonchev–Trinajstić information content (AvgIpc) is 2.94. The molecule has 0 unspecified atom stereocenters. The van der Waals surface area contributed by atoms with Gasteiger partial charge in [-0.15, -0.1) is 0 Å². The zero-order valence-corrected chi connectivity index (χ0v) is 13.8. The molecule has 0 spiro atoms. The molecule has 5 heteroatoms. The molecule has 1 aromatic heterocycles. The molecule has 0 aliphatic rings. The molecule has 120 valence electrons. The van der Waals surface area contributed by atoms with Gasteiger partial charge in [0.25, 0.3) is 0 Å². The molecule has 0 fully saturated rings. The lowest BCUT2D eigenvalue weighted by atomic mass is 10.1. The summed E-state index contributed by atoms with van der Waals surface area (Å²) in [6.45, 7) is 6.67. The summed E-state index contributed by atoms with van der Waals surface area (Å²) in [5.41, 5.74) is 2.05. The molecule has 1 aromatic carbocycles. The van der Waals surface area contributed by atoms with Gasteiger partial charge in [-0.1, -0.05) is 23.7 Å². The first-order valence-electron chi connectivity index (χ1n) is 7.51. The third-order valence-electron chi connectivity index (χ3n) is 3.34. The van der Waals surface area contributed by atoms with Gasteiger partial charge in [0.1, 0.15) is 11.5 Å². The molecular weight excluding hydrogens is 300 g/mol. The van der Waals surface area contributed by atoms with Crippen molar-refractivity contribution in [2.24, 2.45) is 0 Å². The second-order valence-electron chi connectivity index (χ2n) is 5.46. The molecule has 4 nitrogen and oxygen atoms in total. The lowest BCUT2D eigenvalue weighted by molar-refractivity contribution is 0.191. The monoisotopic (exact) mass is 322 g/mol. The van der Waals surface area contributed by atoms with Gasteiger partial charge >= 0.3 is 0 Å². The minimum Gasteiger partial charge on any atom is -0.460 e. The number of hydrogen-bond acceptors (Lipinski definition) is 4. The number of furan rings is 1. The third kappa shape index (κ3) is 5.14. The molecule has 1 atom stereocenters. The Bertz CT molecular complexity index is 596. The summed E-state index contributed by atoms with van der Waals surface area (Å²) in [7, 11) is 0. The van der Waals surface area contributed by atoms with Crippen molar-refractivity contribution in [3.05, 3.63) is 46.7 Å². The predicted octanol–water partition coefficient (Wildman–Crippen LogP) is 2.97. The second kappa shape index (κ2) is 8.34. The van der Waals surface area contributed by atoms with Crippen LogP contribution >= 0.6 is 11.6 Å². The molecule has 1 heterocycles. The van der Waals surface area contributed by atoms with Crippen molar-refractivity contribution in [2.45, 2.75) is 26.5 Å². The number of halogens is 1. The smallest absolute Gasteiger partial charge is 0.134 e. The number of hydrogen-bond donors (Lipinski definition) is 3. The van der Waals surface area contributed by atoms with Gasteiger partial charge in [-0.25, -0.2) is 0 Å². The Kier molecular flexibility index (Phi) is 6.46. The molecule has 22 heavy (non-hydrogen) atoms. The van der Waals surface area contributed by atoms with E-state index in [0.717, 1.165) is 40.8 Å². The van der Waals surface area contributed by atoms with E-state index in [4.69, 9.17) is 21.1 Å². The van der Waals surface area contributed by atoms with E-state index in [1.54, 1.807) is 6.92 Å². The third-order valence-corrected chi connectivity index (χ3v) is 3.74. The normalized spacial score (nSPS) is 12.5. The Balaban J connectivity index is 1.80. The van der Waals surface area contributed by atoms with Crippen molar-refractivity contribution in [3.63, 3.8) is 0 Å². The van der Waals surface area contributed by atoms with Crippen LogP contribution in [0, 0.1) is 6.92 Å². The summed E-state index contributed by atoms with van der Waals surface area (Å²) in [4.78, 5) is 0. The molecule has 0 aliphatic carbocycles. The SMILES string of the molecule is Cc1ccc(-c2ccc(CNCCNC[C@@H](C)O)o2)cc1Cl. The van der Waals surface area contributed by atoms with E-state index in [2.05, 4.69) is 10.6 Å². The highest BCUT2D eigenvalue weighted by atomic mass is 35.5. The number of nitrogens with one attached hydrogen (secondary N) is 2. The first-order chi connectivity index (χ1) is 10.6. The Morgan fingerprint density at radius 1 is 1.18 bits per heavy atom. The van der Waals surface area contributed by atoms with Gasteiger partial charge in [0.2, 0.25) is 0 Å². The van der Waals surface area contributed by atoms with Crippen LogP contribution in [0.1, 0.15) is 18.2 Å². The van der Waals surface area contributed by atoms with Gasteiger partial charge < -0.3 is 20.2 Å². The van der Waals surface area contributed by atoms with E-state index < -0.39 is 0 Å². The fourth-order valence-electron chi connectivity index (χ4n) is 2.07. The average molecular weight is 323 g/mol. The zero-order chi connectivity index (χ0) is 15.9. The molecule has 0 amide bonds. The summed E-state index contributed by atoms with van der Waals surface area (Å²) in [6, 6.07) is 9.86. The quantitative estimate of drug-likeness (QED) is 0.654. The maximum atomic E-state index is 9.13. The molecule has 0 bridgehead atoms. The number of aliphatic hydroxyl groups is 1. The number of benzene rings is 1. The van der Waals surface area contributed by atoms with Crippen molar-refractivity contribution >= 4 is 11.6 Å². The van der Waals surface area contributed by atoms with Crippen LogP contribution in [0.3, 0.4) is 0 Å². The van der Waals surface area contributed by atoms with E-state index in [1.807, 2.05) is 37.3 Å². The Labute approximate surface area is 136 Å². The van der Waals surface area contributed by atoms with Gasteiger partial charge in [-0.05, 0) is 37.6 Å². The van der Waals surface area contributed by atoms with Crippen molar-refractivity contribution in [1.29, 1.82) is 0 Å². The standard InChI is InChI=1S/C17H23ClN2O2/c1-12-3-4-14(9-16(12)18)17-6-5-15(22-17)11-20-8-7-19-10-13(2)21/h3-6,9,13,19-21H,7-8,10-11H2,1-2H3/t13-/m1/s1. The first kappa shape index (κ1) is 17.0. The predicted molar refractivity (Wildman–Crippen MR) is 90.1 cm³/mol. The number of aryl methyl sites for hydroxylation is 1. The van der Waals surface area contributed by atoms with Crippen LogP contribution in [0.2, 0.25) is 5.02 Å². The number of aliphatic hydroxyl groups excluding tert-OH is 1. The van der Waals surface area contributed by atoms with Gasteiger partial charge in [0.05, 0.1) is 12.6 Å². The molecule has 0 saturated heterocycles. The highest BCUT2D eigenvalue weighted by molar-refractivity contribution is 6.31. The summed E-state index contributed by atoms with van der Waals surface area (Å²) >= 11 is 6.15. The largest absolute Gasteiger partial charge is 0.460 e. The molecular formula is C17H23ClN2O2. The van der Waals surface area contributed by atoms with Crippen LogP contribution in [0.25, 0.3) is 11.3 Å². The zero-order valence-electron chi connectivity index (χ0n) is 13.0. The molecule has 0 aliphatic heterocycles. The van der Waals surface area contributed by atoms with E-state index in [1.165, 1.54) is 0 Å². The van der Waals surface area contributed by atoms with Crippen LogP contribution in [-0.4, -0.2) is 30.8 Å². The van der Waals surface area contributed by atoms with Crippen LogP contribution in [0.15, 0.2) is 34.7 Å². The molecule has 0 radical (unpaired) electrons. The summed E-state index contributed by atoms with van der Waals surface area (Å²) in [6.07, 6.45) is -0.311. The maximum Gasteiger partial charge on any atom is 0.134 e. The van der Waals surface area contributed by atoms with Gasteiger partial charge in [0.15, 0.2) is 0 Å². The highest BCUT2D eigenvalue weighted by Crippen LogP contribution is 2.26. The topological polar surface area (TPSA) is 57.4 Å². The molecule has 3 N–H and O–H groups in total. The van der Waals surface area contributed by atoms with Crippen molar-refractivity contribution in [3.8, 4) is 11.3 Å².